The molecule has 72 valence electrons. The number of alkyl halides is 3. The summed E-state index contributed by atoms with van der Waals surface area (Å²) in [5.41, 5.74) is 0. The number of hydrogen-bond donors (Lipinski definition) is 1. The summed E-state index contributed by atoms with van der Waals surface area (Å²) in [6, 6.07) is -0.338. The standard InChI is InChI=1S/C8H14F3N/c1-2-12-7(6-3-4-6)5-8(9,10)11/h6-7,12H,2-5H2,1H3. The van der Waals surface area contributed by atoms with Crippen LogP contribution in [0, 0.1) is 5.92 Å². The highest BCUT2D eigenvalue weighted by Gasteiger charge is 2.39. The lowest BCUT2D eigenvalue weighted by Gasteiger charge is -2.18. The van der Waals surface area contributed by atoms with E-state index in [4.69, 9.17) is 0 Å². The van der Waals surface area contributed by atoms with Crippen molar-refractivity contribution in [1.29, 1.82) is 0 Å². The molecule has 0 heterocycles. The minimum atomic E-state index is -4.02. The molecule has 1 rings (SSSR count). The van der Waals surface area contributed by atoms with Crippen LogP contribution in [0.3, 0.4) is 0 Å². The van der Waals surface area contributed by atoms with Gasteiger partial charge >= 0.3 is 6.18 Å². The summed E-state index contributed by atoms with van der Waals surface area (Å²) in [5.74, 6) is 0.270. The van der Waals surface area contributed by atoms with Gasteiger partial charge in [0.25, 0.3) is 0 Å². The Balaban J connectivity index is 2.32. The fourth-order valence-corrected chi connectivity index (χ4v) is 1.42. The third-order valence-corrected chi connectivity index (χ3v) is 2.11. The van der Waals surface area contributed by atoms with Crippen molar-refractivity contribution in [2.45, 2.75) is 38.4 Å². The second-order valence-corrected chi connectivity index (χ2v) is 3.32. The molecule has 0 aromatic rings. The van der Waals surface area contributed by atoms with Gasteiger partial charge in [-0.2, -0.15) is 13.2 Å². The van der Waals surface area contributed by atoms with Crippen molar-refractivity contribution in [3.8, 4) is 0 Å². The Bertz CT molecular complexity index is 140. The summed E-state index contributed by atoms with van der Waals surface area (Å²) in [7, 11) is 0. The van der Waals surface area contributed by atoms with E-state index in [0.717, 1.165) is 12.8 Å². The molecule has 0 saturated heterocycles. The first-order valence-electron chi connectivity index (χ1n) is 4.33. The predicted molar refractivity (Wildman–Crippen MR) is 40.9 cm³/mol. The van der Waals surface area contributed by atoms with E-state index in [-0.39, 0.29) is 12.0 Å². The first kappa shape index (κ1) is 9.84. The van der Waals surface area contributed by atoms with Crippen molar-refractivity contribution in [3.63, 3.8) is 0 Å². The maximum Gasteiger partial charge on any atom is 0.390 e. The third-order valence-electron chi connectivity index (χ3n) is 2.11. The molecule has 0 aromatic heterocycles. The molecule has 1 aliphatic carbocycles. The smallest absolute Gasteiger partial charge is 0.314 e. The molecule has 1 nitrogen and oxygen atoms in total. The maximum atomic E-state index is 12.0. The average molecular weight is 181 g/mol. The van der Waals surface area contributed by atoms with Crippen molar-refractivity contribution in [3.05, 3.63) is 0 Å². The number of rotatable bonds is 4. The number of halogens is 3. The summed E-state index contributed by atoms with van der Waals surface area (Å²) in [5, 5.41) is 2.88. The van der Waals surface area contributed by atoms with Gasteiger partial charge in [0, 0.05) is 6.04 Å². The molecule has 1 saturated carbocycles. The van der Waals surface area contributed by atoms with Crippen LogP contribution in [0.25, 0.3) is 0 Å². The highest BCUT2D eigenvalue weighted by Crippen LogP contribution is 2.37. The van der Waals surface area contributed by atoms with Crippen molar-refractivity contribution in [2.75, 3.05) is 6.54 Å². The van der Waals surface area contributed by atoms with Gasteiger partial charge in [0.05, 0.1) is 6.42 Å². The lowest BCUT2D eigenvalue weighted by Crippen LogP contribution is -2.35. The second-order valence-electron chi connectivity index (χ2n) is 3.32. The van der Waals surface area contributed by atoms with Crippen LogP contribution < -0.4 is 5.32 Å². The maximum absolute atomic E-state index is 12.0. The predicted octanol–water partition coefficient (Wildman–Crippen LogP) is 2.33. The van der Waals surface area contributed by atoms with E-state index >= 15 is 0 Å². The summed E-state index contributed by atoms with van der Waals surface area (Å²) >= 11 is 0. The van der Waals surface area contributed by atoms with E-state index in [1.807, 2.05) is 6.92 Å². The molecule has 1 N–H and O–H groups in total. The van der Waals surface area contributed by atoms with Crippen molar-refractivity contribution in [1.82, 2.24) is 5.32 Å². The molecule has 12 heavy (non-hydrogen) atoms. The normalized spacial score (nSPS) is 21.0. The fraction of sp³-hybridized carbons (Fsp3) is 1.00. The van der Waals surface area contributed by atoms with Crippen LogP contribution in [0.2, 0.25) is 0 Å². The zero-order valence-corrected chi connectivity index (χ0v) is 7.12. The molecular weight excluding hydrogens is 167 g/mol. The van der Waals surface area contributed by atoms with Crippen molar-refractivity contribution in [2.24, 2.45) is 5.92 Å². The van der Waals surface area contributed by atoms with Crippen LogP contribution in [0.15, 0.2) is 0 Å². The van der Waals surface area contributed by atoms with Crippen LogP contribution >= 0.6 is 0 Å². The Labute approximate surface area is 70.3 Å². The Morgan fingerprint density at radius 1 is 1.42 bits per heavy atom. The van der Waals surface area contributed by atoms with Gasteiger partial charge in [0.1, 0.15) is 0 Å². The molecule has 0 aromatic carbocycles. The first-order chi connectivity index (χ1) is 5.53. The van der Waals surface area contributed by atoms with Crippen LogP contribution in [0.4, 0.5) is 13.2 Å². The minimum Gasteiger partial charge on any atom is -0.314 e. The van der Waals surface area contributed by atoms with E-state index in [1.54, 1.807) is 0 Å². The highest BCUT2D eigenvalue weighted by atomic mass is 19.4. The van der Waals surface area contributed by atoms with Gasteiger partial charge in [-0.05, 0) is 25.3 Å². The average Bonchev–Trinajstić information content (AvgIpc) is 2.63. The van der Waals surface area contributed by atoms with Gasteiger partial charge < -0.3 is 5.32 Å². The molecule has 0 aliphatic heterocycles. The summed E-state index contributed by atoms with van der Waals surface area (Å²) in [4.78, 5) is 0. The van der Waals surface area contributed by atoms with E-state index in [0.29, 0.717) is 6.54 Å². The van der Waals surface area contributed by atoms with E-state index in [1.165, 1.54) is 0 Å². The lowest BCUT2D eigenvalue weighted by atomic mass is 10.1. The van der Waals surface area contributed by atoms with Crippen LogP contribution in [-0.4, -0.2) is 18.8 Å². The zero-order chi connectivity index (χ0) is 9.19. The monoisotopic (exact) mass is 181 g/mol. The van der Waals surface area contributed by atoms with Gasteiger partial charge in [0.15, 0.2) is 0 Å². The van der Waals surface area contributed by atoms with Gasteiger partial charge in [0.2, 0.25) is 0 Å². The molecule has 4 heteroatoms. The number of hydrogen-bond acceptors (Lipinski definition) is 1. The highest BCUT2D eigenvalue weighted by molar-refractivity contribution is 4.87. The van der Waals surface area contributed by atoms with Crippen LogP contribution in [0.5, 0.6) is 0 Å². The van der Waals surface area contributed by atoms with E-state index in [2.05, 4.69) is 5.32 Å². The number of nitrogens with one attached hydrogen (secondary N) is 1. The summed E-state index contributed by atoms with van der Waals surface area (Å²) in [6.45, 7) is 2.46. The quantitative estimate of drug-likeness (QED) is 0.701. The molecule has 0 amide bonds. The van der Waals surface area contributed by atoms with Gasteiger partial charge in [-0.1, -0.05) is 6.92 Å². The largest absolute Gasteiger partial charge is 0.390 e. The third kappa shape index (κ3) is 3.43. The molecule has 1 fully saturated rings. The second kappa shape index (κ2) is 3.64. The Morgan fingerprint density at radius 3 is 2.33 bits per heavy atom. The van der Waals surface area contributed by atoms with Gasteiger partial charge in [-0.25, -0.2) is 0 Å². The Kier molecular flexibility index (Phi) is 2.99. The molecule has 0 spiro atoms. The van der Waals surface area contributed by atoms with Gasteiger partial charge in [-0.15, -0.1) is 0 Å². The SMILES string of the molecule is CCNC(CC(F)(F)F)C1CC1. The Morgan fingerprint density at radius 2 is 2.00 bits per heavy atom. The molecule has 0 bridgehead atoms. The molecule has 0 radical (unpaired) electrons. The molecule has 1 aliphatic rings. The van der Waals surface area contributed by atoms with Crippen LogP contribution in [0.1, 0.15) is 26.2 Å². The van der Waals surface area contributed by atoms with E-state index < -0.39 is 12.6 Å². The first-order valence-corrected chi connectivity index (χ1v) is 4.33. The van der Waals surface area contributed by atoms with Crippen molar-refractivity contribution < 1.29 is 13.2 Å². The van der Waals surface area contributed by atoms with Crippen molar-refractivity contribution >= 4 is 0 Å². The lowest BCUT2D eigenvalue weighted by molar-refractivity contribution is -0.141. The van der Waals surface area contributed by atoms with E-state index in [9.17, 15) is 13.2 Å². The molecule has 1 unspecified atom stereocenters. The minimum absolute atomic E-state index is 0.270. The Hall–Kier alpha value is -0.250. The zero-order valence-electron chi connectivity index (χ0n) is 7.12. The molecular formula is C8H14F3N. The molecule has 1 atom stereocenters. The summed E-state index contributed by atoms with van der Waals surface area (Å²) < 4.78 is 35.9. The van der Waals surface area contributed by atoms with Crippen LogP contribution in [-0.2, 0) is 0 Å². The van der Waals surface area contributed by atoms with Gasteiger partial charge in [-0.3, -0.25) is 0 Å². The topological polar surface area (TPSA) is 12.0 Å². The fourth-order valence-electron chi connectivity index (χ4n) is 1.42. The summed E-state index contributed by atoms with van der Waals surface area (Å²) in [6.07, 6.45) is -2.79.